The number of piperazine rings is 1. The summed E-state index contributed by atoms with van der Waals surface area (Å²) in [5.41, 5.74) is -0.876. The van der Waals surface area contributed by atoms with Crippen molar-refractivity contribution in [3.63, 3.8) is 0 Å². The zero-order valence-electron chi connectivity index (χ0n) is 19.9. The number of amides is 1. The number of hydrogen-bond acceptors (Lipinski definition) is 6. The Morgan fingerprint density at radius 3 is 2.38 bits per heavy atom. The highest BCUT2D eigenvalue weighted by molar-refractivity contribution is 14.1. The van der Waals surface area contributed by atoms with E-state index in [-0.39, 0.29) is 36.2 Å². The number of anilines is 2. The maximum Gasteiger partial charge on any atom is 0.418 e. The first-order chi connectivity index (χ1) is 17.6. The number of carbonyl (C=O) groups is 1. The van der Waals surface area contributed by atoms with E-state index in [4.69, 9.17) is 4.74 Å². The zero-order chi connectivity index (χ0) is 26.6. The molecule has 0 unspecified atom stereocenters. The third-order valence-corrected chi connectivity index (χ3v) is 7.44. The van der Waals surface area contributed by atoms with E-state index in [1.807, 2.05) is 11.0 Å². The van der Waals surface area contributed by atoms with Crippen LogP contribution < -0.4 is 10.2 Å². The van der Waals surface area contributed by atoms with Gasteiger partial charge in [0.05, 0.1) is 17.4 Å². The van der Waals surface area contributed by atoms with Crippen LogP contribution in [0.25, 0.3) is 0 Å². The molecule has 4 rings (SSSR count). The van der Waals surface area contributed by atoms with Gasteiger partial charge in [0.25, 0.3) is 0 Å². The van der Waals surface area contributed by atoms with Crippen LogP contribution in [0.15, 0.2) is 41.6 Å². The standard InChI is InChI=1S/C25H27F4IN4O3/c26-21-13-16(30)1-8-23(21)33-9-11-34(12-10-33)24(35)15-37-19-5-2-17(3-6-19)31-18-4-7-22(32-36)20(14-18)25(27,28)29/h1,4,7-8,13-14,17,19,31H,2-3,5-6,9-12,15H2. The fraction of sp³-hybridized carbons (Fsp3) is 0.480. The minimum Gasteiger partial charge on any atom is -0.382 e. The summed E-state index contributed by atoms with van der Waals surface area (Å²) in [5, 5.41) is 5.56. The van der Waals surface area contributed by atoms with Crippen LogP contribution in [0, 0.1) is 14.3 Å². The first kappa shape index (κ1) is 27.6. The van der Waals surface area contributed by atoms with Crippen LogP contribution in [-0.2, 0) is 15.7 Å². The molecular weight excluding hydrogens is 607 g/mol. The van der Waals surface area contributed by atoms with Gasteiger partial charge >= 0.3 is 6.18 Å². The highest BCUT2D eigenvalue weighted by Crippen LogP contribution is 2.38. The van der Waals surface area contributed by atoms with Gasteiger partial charge in [-0.2, -0.15) is 13.2 Å². The Morgan fingerprint density at radius 2 is 1.76 bits per heavy atom. The predicted octanol–water partition coefficient (Wildman–Crippen LogP) is 5.94. The molecule has 0 atom stereocenters. The van der Waals surface area contributed by atoms with Crippen molar-refractivity contribution in [2.75, 3.05) is 43.0 Å². The lowest BCUT2D eigenvalue weighted by Crippen LogP contribution is -2.50. The van der Waals surface area contributed by atoms with Crippen molar-refractivity contribution >= 4 is 45.6 Å². The molecule has 1 saturated carbocycles. The lowest BCUT2D eigenvalue weighted by atomic mass is 9.92. The van der Waals surface area contributed by atoms with Gasteiger partial charge in [0.2, 0.25) is 5.91 Å². The van der Waals surface area contributed by atoms with E-state index in [2.05, 4.69) is 33.1 Å². The van der Waals surface area contributed by atoms with E-state index < -0.39 is 17.4 Å². The molecular formula is C25H27F4IN4O3. The normalized spacial score (nSPS) is 20.6. The molecule has 2 aromatic carbocycles. The first-order valence-corrected chi connectivity index (χ1v) is 13.1. The predicted molar refractivity (Wildman–Crippen MR) is 140 cm³/mol. The SMILES string of the molecule is O=Nc1ccc(NC2CCC(OCC(=O)N3CCN(c4ccc(I)cc4F)CC3)CC2)cc1C(F)(F)F. The van der Waals surface area contributed by atoms with E-state index in [1.54, 1.807) is 11.0 Å². The summed E-state index contributed by atoms with van der Waals surface area (Å²) in [6, 6.07) is 8.46. The van der Waals surface area contributed by atoms with Crippen molar-refractivity contribution in [2.24, 2.45) is 5.18 Å². The van der Waals surface area contributed by atoms with Gasteiger partial charge in [-0.3, -0.25) is 4.79 Å². The van der Waals surface area contributed by atoms with E-state index in [9.17, 15) is 27.3 Å². The number of nitroso groups, excluding NO2 is 1. The average Bonchev–Trinajstić information content (AvgIpc) is 2.88. The maximum atomic E-state index is 14.3. The summed E-state index contributed by atoms with van der Waals surface area (Å²) in [4.78, 5) is 27.0. The van der Waals surface area contributed by atoms with Gasteiger partial charge in [-0.15, -0.1) is 4.91 Å². The Balaban J connectivity index is 1.19. The molecule has 2 aromatic rings. The molecule has 1 aliphatic heterocycles. The average molecular weight is 634 g/mol. The van der Waals surface area contributed by atoms with Crippen LogP contribution in [0.2, 0.25) is 0 Å². The molecule has 12 heteroatoms. The molecule has 7 nitrogen and oxygen atoms in total. The summed E-state index contributed by atoms with van der Waals surface area (Å²) in [5.74, 6) is -0.373. The summed E-state index contributed by atoms with van der Waals surface area (Å²) in [6.45, 7) is 2.03. The molecule has 2 aliphatic rings. The van der Waals surface area contributed by atoms with Gasteiger partial charge in [0.1, 0.15) is 18.1 Å². The Labute approximate surface area is 225 Å². The Morgan fingerprint density at radius 1 is 1.05 bits per heavy atom. The van der Waals surface area contributed by atoms with Crippen molar-refractivity contribution in [2.45, 2.75) is 44.0 Å². The lowest BCUT2D eigenvalue weighted by Gasteiger charge is -2.36. The van der Waals surface area contributed by atoms with Crippen LogP contribution in [0.3, 0.4) is 0 Å². The van der Waals surface area contributed by atoms with Gasteiger partial charge in [-0.05, 0) is 89.8 Å². The summed E-state index contributed by atoms with van der Waals surface area (Å²) < 4.78 is 60.4. The number of nitrogens with zero attached hydrogens (tertiary/aromatic N) is 3. The van der Waals surface area contributed by atoms with Gasteiger partial charge < -0.3 is 19.9 Å². The lowest BCUT2D eigenvalue weighted by molar-refractivity contribution is -0.139. The first-order valence-electron chi connectivity index (χ1n) is 12.0. The molecule has 1 heterocycles. The Hall–Kier alpha value is -2.48. The van der Waals surface area contributed by atoms with E-state index in [0.29, 0.717) is 57.5 Å². The number of benzene rings is 2. The summed E-state index contributed by atoms with van der Waals surface area (Å²) >= 11 is 2.07. The minimum absolute atomic E-state index is 0.0320. The number of alkyl halides is 3. The van der Waals surface area contributed by atoms with Gasteiger partial charge in [-0.25, -0.2) is 4.39 Å². The molecule has 37 heavy (non-hydrogen) atoms. The third kappa shape index (κ3) is 7.09. The number of carbonyl (C=O) groups excluding carboxylic acids is 1. The molecule has 0 bridgehead atoms. The topological polar surface area (TPSA) is 74.2 Å². The number of rotatable bonds is 7. The van der Waals surface area contributed by atoms with Crippen molar-refractivity contribution < 1.29 is 27.1 Å². The number of halogens is 5. The smallest absolute Gasteiger partial charge is 0.382 e. The largest absolute Gasteiger partial charge is 0.418 e. The van der Waals surface area contributed by atoms with Crippen LogP contribution in [-0.4, -0.2) is 55.7 Å². The molecule has 200 valence electrons. The van der Waals surface area contributed by atoms with E-state index in [0.717, 1.165) is 15.7 Å². The van der Waals surface area contributed by atoms with Crippen LogP contribution >= 0.6 is 22.6 Å². The van der Waals surface area contributed by atoms with Crippen molar-refractivity contribution in [3.8, 4) is 0 Å². The maximum absolute atomic E-state index is 14.3. The molecule has 0 radical (unpaired) electrons. The van der Waals surface area contributed by atoms with Crippen molar-refractivity contribution in [3.05, 3.63) is 56.3 Å². The monoisotopic (exact) mass is 634 g/mol. The second kappa shape index (κ2) is 11.9. The fourth-order valence-corrected chi connectivity index (χ4v) is 5.21. The molecule has 2 fully saturated rings. The van der Waals surface area contributed by atoms with E-state index >= 15 is 0 Å². The Bertz CT molecular complexity index is 1120. The van der Waals surface area contributed by atoms with Crippen LogP contribution in [0.1, 0.15) is 31.2 Å². The molecule has 1 aliphatic carbocycles. The van der Waals surface area contributed by atoms with Crippen LogP contribution in [0.5, 0.6) is 0 Å². The van der Waals surface area contributed by atoms with Crippen molar-refractivity contribution in [1.82, 2.24) is 4.90 Å². The molecule has 0 aromatic heterocycles. The van der Waals surface area contributed by atoms with Gasteiger partial charge in [-0.1, -0.05) is 0 Å². The van der Waals surface area contributed by atoms with Crippen molar-refractivity contribution in [1.29, 1.82) is 0 Å². The highest BCUT2D eigenvalue weighted by Gasteiger charge is 2.35. The quantitative estimate of drug-likeness (QED) is 0.232. The molecule has 1 saturated heterocycles. The summed E-state index contributed by atoms with van der Waals surface area (Å²) in [7, 11) is 0. The fourth-order valence-electron chi connectivity index (χ4n) is 4.76. The van der Waals surface area contributed by atoms with Gasteiger partial charge in [0, 0.05) is 41.5 Å². The van der Waals surface area contributed by atoms with Gasteiger partial charge in [0.15, 0.2) is 0 Å². The minimum atomic E-state index is -4.66. The zero-order valence-corrected chi connectivity index (χ0v) is 22.1. The highest BCUT2D eigenvalue weighted by atomic mass is 127. The number of ether oxygens (including phenoxy) is 1. The van der Waals surface area contributed by atoms with Crippen LogP contribution in [0.4, 0.5) is 34.6 Å². The molecule has 1 N–H and O–H groups in total. The second-order valence-electron chi connectivity index (χ2n) is 9.21. The third-order valence-electron chi connectivity index (χ3n) is 6.77. The summed E-state index contributed by atoms with van der Waals surface area (Å²) in [6.07, 6.45) is -2.07. The van der Waals surface area contributed by atoms with E-state index in [1.165, 1.54) is 12.1 Å². The number of nitrogens with one attached hydrogen (secondary N) is 1. The molecule has 0 spiro atoms. The molecule has 1 amide bonds. The number of hydrogen-bond donors (Lipinski definition) is 1. The second-order valence-corrected chi connectivity index (χ2v) is 10.5. The Kier molecular flexibility index (Phi) is 8.88.